The van der Waals surface area contributed by atoms with Gasteiger partial charge in [0.25, 0.3) is 0 Å². The summed E-state index contributed by atoms with van der Waals surface area (Å²) in [5.74, 6) is 0.740. The number of piperazine rings is 1. The fourth-order valence-corrected chi connectivity index (χ4v) is 3.41. The van der Waals surface area contributed by atoms with Crippen LogP contribution in [-0.2, 0) is 12.8 Å². The average molecular weight is 392 g/mol. The Morgan fingerprint density at radius 2 is 1.79 bits per heavy atom. The molecule has 1 aliphatic rings. The smallest absolute Gasteiger partial charge is 0.415 e. The second kappa shape index (κ2) is 9.43. The Morgan fingerprint density at radius 3 is 2.48 bits per heavy atom. The summed E-state index contributed by atoms with van der Waals surface area (Å²) in [5, 5.41) is 10.1. The summed E-state index contributed by atoms with van der Waals surface area (Å²) in [6, 6.07) is 11.2. The molecular weight excluding hydrogens is 364 g/mol. The molecule has 1 amide bonds. The van der Waals surface area contributed by atoms with Crippen molar-refractivity contribution in [1.29, 1.82) is 0 Å². The van der Waals surface area contributed by atoms with Gasteiger partial charge in [-0.25, -0.2) is 4.79 Å². The molecule has 5 nitrogen and oxygen atoms in total. The van der Waals surface area contributed by atoms with Crippen molar-refractivity contribution in [2.75, 3.05) is 33.2 Å². The van der Waals surface area contributed by atoms with Crippen LogP contribution in [0.15, 0.2) is 61.7 Å². The highest BCUT2D eigenvalue weighted by Gasteiger charge is 2.22. The lowest BCUT2D eigenvalue weighted by molar-refractivity contribution is 0.120. The summed E-state index contributed by atoms with van der Waals surface area (Å²) in [6.45, 7) is 10.5. The quantitative estimate of drug-likeness (QED) is 0.746. The number of phenols is 1. The first-order valence-corrected chi connectivity index (χ1v) is 9.84. The van der Waals surface area contributed by atoms with E-state index in [1.165, 1.54) is 0 Å². The van der Waals surface area contributed by atoms with Crippen LogP contribution in [0.1, 0.15) is 11.1 Å². The molecule has 1 heterocycles. The normalized spacial score (nSPS) is 14.4. The summed E-state index contributed by atoms with van der Waals surface area (Å²) < 4.78 is 5.80. The van der Waals surface area contributed by atoms with Gasteiger partial charge in [-0.05, 0) is 60.8 Å². The van der Waals surface area contributed by atoms with Crippen LogP contribution in [0.4, 0.5) is 4.79 Å². The minimum absolute atomic E-state index is 0.229. The standard InChI is InChI=1S/C24H28N2O3/c1-4-6-18-8-11-23(29-24(28)26-14-12-25(3)13-15-26)21(16-18)19-9-10-22(27)20(17-19)7-5-2/h4-5,8-11,16-17,27H,1-2,6-7,12-15H2,3H3. The molecule has 1 saturated heterocycles. The van der Waals surface area contributed by atoms with Crippen molar-refractivity contribution in [1.82, 2.24) is 9.80 Å². The van der Waals surface area contributed by atoms with E-state index in [1.807, 2.05) is 43.5 Å². The molecule has 2 aromatic carbocycles. The van der Waals surface area contributed by atoms with Crippen LogP contribution in [0.25, 0.3) is 11.1 Å². The molecule has 0 bridgehead atoms. The van der Waals surface area contributed by atoms with Crippen LogP contribution in [-0.4, -0.2) is 54.2 Å². The Hall–Kier alpha value is -3.05. The number of phenolic OH excluding ortho intramolecular Hbond substituents is 1. The van der Waals surface area contributed by atoms with E-state index in [1.54, 1.807) is 17.0 Å². The van der Waals surface area contributed by atoms with Crippen molar-refractivity contribution in [2.24, 2.45) is 0 Å². The van der Waals surface area contributed by atoms with Crippen LogP contribution in [0.3, 0.4) is 0 Å². The van der Waals surface area contributed by atoms with Gasteiger partial charge < -0.3 is 19.6 Å². The van der Waals surface area contributed by atoms with Crippen LogP contribution in [0.5, 0.6) is 11.5 Å². The number of carbonyl (C=O) groups excluding carboxylic acids is 1. The molecule has 152 valence electrons. The molecule has 1 fully saturated rings. The number of nitrogens with zero attached hydrogens (tertiary/aromatic N) is 2. The van der Waals surface area contributed by atoms with Crippen molar-refractivity contribution in [3.63, 3.8) is 0 Å². The number of amides is 1. The lowest BCUT2D eigenvalue weighted by Crippen LogP contribution is -2.48. The average Bonchev–Trinajstić information content (AvgIpc) is 2.71. The fourth-order valence-electron chi connectivity index (χ4n) is 3.41. The Bertz CT molecular complexity index is 899. The van der Waals surface area contributed by atoms with Crippen LogP contribution in [0.2, 0.25) is 0 Å². The second-order valence-electron chi connectivity index (χ2n) is 7.32. The van der Waals surface area contributed by atoms with Crippen molar-refractivity contribution >= 4 is 6.09 Å². The number of benzene rings is 2. The van der Waals surface area contributed by atoms with E-state index < -0.39 is 0 Å². The summed E-state index contributed by atoms with van der Waals surface area (Å²) in [7, 11) is 2.05. The fraction of sp³-hybridized carbons (Fsp3) is 0.292. The lowest BCUT2D eigenvalue weighted by Gasteiger charge is -2.31. The molecule has 1 N–H and O–H groups in total. The van der Waals surface area contributed by atoms with Crippen LogP contribution in [0, 0.1) is 0 Å². The number of allylic oxidation sites excluding steroid dienone is 2. The first kappa shape index (κ1) is 20.7. The second-order valence-corrected chi connectivity index (χ2v) is 7.32. The van der Waals surface area contributed by atoms with Gasteiger partial charge in [0.2, 0.25) is 0 Å². The van der Waals surface area contributed by atoms with E-state index in [9.17, 15) is 9.90 Å². The third-order valence-electron chi connectivity index (χ3n) is 5.14. The molecule has 29 heavy (non-hydrogen) atoms. The van der Waals surface area contributed by atoms with Crippen molar-refractivity contribution < 1.29 is 14.6 Å². The number of hydrogen-bond donors (Lipinski definition) is 1. The van der Waals surface area contributed by atoms with E-state index in [0.29, 0.717) is 25.3 Å². The van der Waals surface area contributed by atoms with E-state index >= 15 is 0 Å². The molecule has 5 heteroatoms. The molecule has 0 aromatic heterocycles. The number of carbonyl (C=O) groups is 1. The van der Waals surface area contributed by atoms with Gasteiger partial charge in [0.05, 0.1) is 0 Å². The molecule has 0 aliphatic carbocycles. The zero-order valence-electron chi connectivity index (χ0n) is 16.9. The van der Waals surface area contributed by atoms with E-state index in [-0.39, 0.29) is 11.8 Å². The molecule has 0 spiro atoms. The third kappa shape index (κ3) is 5.06. The summed E-state index contributed by atoms with van der Waals surface area (Å²) in [6.07, 6.45) is 4.54. The van der Waals surface area contributed by atoms with E-state index in [2.05, 4.69) is 18.1 Å². The minimum atomic E-state index is -0.332. The lowest BCUT2D eigenvalue weighted by atomic mass is 9.97. The molecule has 1 aliphatic heterocycles. The maximum Gasteiger partial charge on any atom is 0.415 e. The van der Waals surface area contributed by atoms with Gasteiger partial charge in [-0.1, -0.05) is 24.3 Å². The Kier molecular flexibility index (Phi) is 6.73. The number of hydrogen-bond acceptors (Lipinski definition) is 4. The molecule has 0 saturated carbocycles. The zero-order valence-corrected chi connectivity index (χ0v) is 16.9. The number of likely N-dealkylation sites (N-methyl/N-ethyl adjacent to an activating group) is 1. The predicted octanol–water partition coefficient (Wildman–Crippen LogP) is 4.26. The van der Waals surface area contributed by atoms with Crippen LogP contribution >= 0.6 is 0 Å². The first-order chi connectivity index (χ1) is 14.0. The molecule has 2 aromatic rings. The Balaban J connectivity index is 1.93. The Morgan fingerprint density at radius 1 is 1.07 bits per heavy atom. The van der Waals surface area contributed by atoms with Crippen molar-refractivity contribution in [3.8, 4) is 22.6 Å². The summed E-state index contributed by atoms with van der Waals surface area (Å²) in [4.78, 5) is 16.6. The maximum atomic E-state index is 12.7. The van der Waals surface area contributed by atoms with Crippen molar-refractivity contribution in [2.45, 2.75) is 12.8 Å². The van der Waals surface area contributed by atoms with Gasteiger partial charge in [-0.3, -0.25) is 0 Å². The van der Waals surface area contributed by atoms with Gasteiger partial charge in [-0.2, -0.15) is 0 Å². The maximum absolute atomic E-state index is 12.7. The third-order valence-corrected chi connectivity index (χ3v) is 5.14. The zero-order chi connectivity index (χ0) is 20.8. The first-order valence-electron chi connectivity index (χ1n) is 9.84. The van der Waals surface area contributed by atoms with Crippen LogP contribution < -0.4 is 4.74 Å². The molecular formula is C24H28N2O3. The number of aromatic hydroxyl groups is 1. The summed E-state index contributed by atoms with van der Waals surface area (Å²) in [5.41, 5.74) is 3.56. The summed E-state index contributed by atoms with van der Waals surface area (Å²) >= 11 is 0. The highest BCUT2D eigenvalue weighted by atomic mass is 16.6. The SMILES string of the molecule is C=CCc1ccc(OC(=O)N2CCN(C)CC2)c(-c2ccc(O)c(CC=C)c2)c1. The van der Waals surface area contributed by atoms with Gasteiger partial charge in [0, 0.05) is 31.7 Å². The Labute approximate surface area is 172 Å². The highest BCUT2D eigenvalue weighted by molar-refractivity contribution is 5.78. The molecule has 0 radical (unpaired) electrons. The van der Waals surface area contributed by atoms with E-state index in [4.69, 9.17) is 4.74 Å². The van der Waals surface area contributed by atoms with E-state index in [0.717, 1.165) is 41.8 Å². The topological polar surface area (TPSA) is 53.0 Å². The predicted molar refractivity (Wildman–Crippen MR) is 116 cm³/mol. The molecule has 3 rings (SSSR count). The molecule has 0 atom stereocenters. The number of ether oxygens (including phenoxy) is 1. The van der Waals surface area contributed by atoms with Crippen molar-refractivity contribution in [3.05, 3.63) is 72.8 Å². The van der Waals surface area contributed by atoms with Gasteiger partial charge in [-0.15, -0.1) is 13.2 Å². The minimum Gasteiger partial charge on any atom is -0.508 e. The largest absolute Gasteiger partial charge is 0.508 e. The number of rotatable bonds is 6. The molecule has 0 unspecified atom stereocenters. The van der Waals surface area contributed by atoms with Gasteiger partial charge in [0.15, 0.2) is 0 Å². The monoisotopic (exact) mass is 392 g/mol. The van der Waals surface area contributed by atoms with Gasteiger partial charge >= 0.3 is 6.09 Å². The van der Waals surface area contributed by atoms with Gasteiger partial charge in [0.1, 0.15) is 11.5 Å². The highest BCUT2D eigenvalue weighted by Crippen LogP contribution is 2.34.